The van der Waals surface area contributed by atoms with Gasteiger partial charge in [-0.25, -0.2) is 8.78 Å². The summed E-state index contributed by atoms with van der Waals surface area (Å²) in [4.78, 5) is 0. The molecule has 0 heterocycles. The number of hydrogen-bond acceptors (Lipinski definition) is 0. The lowest BCUT2D eigenvalue weighted by Crippen LogP contribution is -2.27. The molecule has 19 heavy (non-hydrogen) atoms. The van der Waals surface area contributed by atoms with Crippen LogP contribution in [0.15, 0.2) is 36.4 Å². The minimum Gasteiger partial charge on any atom is -0.207 e. The van der Waals surface area contributed by atoms with E-state index in [1.807, 2.05) is 12.1 Å². The third-order valence-electron chi connectivity index (χ3n) is 4.53. The standard InChI is InChI=1S/C17H16F2/c1-10(2)17(3)15-6-4-11(18)8-13(15)14-9-12(19)5-7-16(14)17/h4-10H,1-3H3. The first-order valence-electron chi connectivity index (χ1n) is 6.55. The van der Waals surface area contributed by atoms with Crippen LogP contribution in [-0.4, -0.2) is 0 Å². The molecular formula is C17H16F2. The van der Waals surface area contributed by atoms with Crippen molar-refractivity contribution in [1.29, 1.82) is 0 Å². The second-order valence-corrected chi connectivity index (χ2v) is 5.74. The van der Waals surface area contributed by atoms with Crippen LogP contribution in [0.2, 0.25) is 0 Å². The van der Waals surface area contributed by atoms with Gasteiger partial charge in [0.2, 0.25) is 0 Å². The molecule has 0 saturated carbocycles. The molecule has 0 radical (unpaired) electrons. The molecule has 0 N–H and O–H groups in total. The summed E-state index contributed by atoms with van der Waals surface area (Å²) in [6.07, 6.45) is 0. The fraction of sp³-hybridized carbons (Fsp3) is 0.294. The Hall–Kier alpha value is -1.70. The highest BCUT2D eigenvalue weighted by molar-refractivity contribution is 5.81. The quantitative estimate of drug-likeness (QED) is 0.682. The van der Waals surface area contributed by atoms with E-state index in [-0.39, 0.29) is 17.0 Å². The first-order chi connectivity index (χ1) is 8.94. The third kappa shape index (κ3) is 1.55. The molecule has 0 aliphatic heterocycles. The van der Waals surface area contributed by atoms with E-state index < -0.39 is 0 Å². The Morgan fingerprint density at radius 2 is 1.26 bits per heavy atom. The van der Waals surface area contributed by atoms with Crippen molar-refractivity contribution in [2.24, 2.45) is 5.92 Å². The molecule has 0 atom stereocenters. The van der Waals surface area contributed by atoms with Gasteiger partial charge in [0, 0.05) is 5.41 Å². The highest BCUT2D eigenvalue weighted by Gasteiger charge is 2.41. The summed E-state index contributed by atoms with van der Waals surface area (Å²) in [5.74, 6) is -0.202. The molecule has 2 aromatic rings. The van der Waals surface area contributed by atoms with Crippen LogP contribution in [0, 0.1) is 17.6 Å². The zero-order chi connectivity index (χ0) is 13.8. The van der Waals surface area contributed by atoms with Crippen molar-refractivity contribution in [3.8, 4) is 11.1 Å². The van der Waals surface area contributed by atoms with Gasteiger partial charge in [0.15, 0.2) is 0 Å². The van der Waals surface area contributed by atoms with Gasteiger partial charge < -0.3 is 0 Å². The van der Waals surface area contributed by atoms with Crippen LogP contribution in [-0.2, 0) is 5.41 Å². The minimum atomic E-state index is -0.276. The molecule has 1 aliphatic carbocycles. The van der Waals surface area contributed by atoms with Gasteiger partial charge >= 0.3 is 0 Å². The Kier molecular flexibility index (Phi) is 2.53. The third-order valence-corrected chi connectivity index (χ3v) is 4.53. The average molecular weight is 258 g/mol. The molecule has 3 rings (SSSR count). The van der Waals surface area contributed by atoms with Crippen molar-refractivity contribution < 1.29 is 8.78 Å². The van der Waals surface area contributed by atoms with Crippen LogP contribution in [0.4, 0.5) is 8.78 Å². The molecule has 0 nitrogen and oxygen atoms in total. The summed E-state index contributed by atoms with van der Waals surface area (Å²) in [5.41, 5.74) is 3.64. The molecule has 2 aromatic carbocycles. The van der Waals surface area contributed by atoms with E-state index in [9.17, 15) is 8.78 Å². The molecular weight excluding hydrogens is 242 g/mol. The number of fused-ring (bicyclic) bond motifs is 3. The molecule has 0 bridgehead atoms. The Morgan fingerprint density at radius 3 is 1.63 bits per heavy atom. The molecule has 0 unspecified atom stereocenters. The summed E-state index contributed by atoms with van der Waals surface area (Å²) in [6, 6.07) is 9.68. The average Bonchev–Trinajstić information content (AvgIpc) is 2.60. The van der Waals surface area contributed by atoms with E-state index in [2.05, 4.69) is 20.8 Å². The normalized spacial score (nSPS) is 15.5. The fourth-order valence-corrected chi connectivity index (χ4v) is 3.15. The number of halogens is 2. The SMILES string of the molecule is CC(C)C1(C)c2ccc(F)cc2-c2cc(F)ccc21. The minimum absolute atomic E-state index is 0.188. The largest absolute Gasteiger partial charge is 0.207 e. The maximum atomic E-state index is 13.5. The van der Waals surface area contributed by atoms with Crippen LogP contribution in [0.1, 0.15) is 31.9 Å². The van der Waals surface area contributed by atoms with Crippen molar-refractivity contribution in [1.82, 2.24) is 0 Å². The monoisotopic (exact) mass is 258 g/mol. The van der Waals surface area contributed by atoms with Crippen molar-refractivity contribution in [2.75, 3.05) is 0 Å². The maximum Gasteiger partial charge on any atom is 0.123 e. The highest BCUT2D eigenvalue weighted by Crippen LogP contribution is 2.52. The highest BCUT2D eigenvalue weighted by atomic mass is 19.1. The Balaban J connectivity index is 2.39. The summed E-state index contributed by atoms with van der Waals surface area (Å²) < 4.78 is 27.0. The molecule has 0 saturated heterocycles. The van der Waals surface area contributed by atoms with E-state index in [0.717, 1.165) is 22.3 Å². The van der Waals surface area contributed by atoms with Gasteiger partial charge in [-0.1, -0.05) is 32.9 Å². The van der Waals surface area contributed by atoms with Crippen molar-refractivity contribution in [3.05, 3.63) is 59.2 Å². The van der Waals surface area contributed by atoms with Gasteiger partial charge in [0.25, 0.3) is 0 Å². The fourth-order valence-electron chi connectivity index (χ4n) is 3.15. The zero-order valence-electron chi connectivity index (χ0n) is 11.3. The maximum absolute atomic E-state index is 13.5. The molecule has 0 spiro atoms. The van der Waals surface area contributed by atoms with E-state index in [4.69, 9.17) is 0 Å². The van der Waals surface area contributed by atoms with E-state index in [0.29, 0.717) is 5.92 Å². The topological polar surface area (TPSA) is 0 Å². The lowest BCUT2D eigenvalue weighted by atomic mass is 9.71. The summed E-state index contributed by atoms with van der Waals surface area (Å²) >= 11 is 0. The predicted octanol–water partition coefficient (Wildman–Crippen LogP) is 4.91. The van der Waals surface area contributed by atoms with Crippen LogP contribution in [0.5, 0.6) is 0 Å². The number of benzene rings is 2. The van der Waals surface area contributed by atoms with E-state index in [1.54, 1.807) is 0 Å². The van der Waals surface area contributed by atoms with E-state index in [1.165, 1.54) is 24.3 Å². The van der Waals surface area contributed by atoms with Gasteiger partial charge in [-0.3, -0.25) is 0 Å². The van der Waals surface area contributed by atoms with Crippen LogP contribution in [0.3, 0.4) is 0 Å². The van der Waals surface area contributed by atoms with Crippen LogP contribution in [0.25, 0.3) is 11.1 Å². The summed E-state index contributed by atoms with van der Waals surface area (Å²) in [6.45, 7) is 6.44. The lowest BCUT2D eigenvalue weighted by molar-refractivity contribution is 0.413. The van der Waals surface area contributed by atoms with Gasteiger partial charge in [0.05, 0.1) is 0 Å². The molecule has 2 heteroatoms. The smallest absolute Gasteiger partial charge is 0.123 e. The second-order valence-electron chi connectivity index (χ2n) is 5.74. The molecule has 98 valence electrons. The zero-order valence-corrected chi connectivity index (χ0v) is 11.3. The Bertz CT molecular complexity index is 605. The summed E-state index contributed by atoms with van der Waals surface area (Å²) in [7, 11) is 0. The summed E-state index contributed by atoms with van der Waals surface area (Å²) in [5, 5.41) is 0. The lowest BCUT2D eigenvalue weighted by Gasteiger charge is -2.31. The molecule has 0 aromatic heterocycles. The van der Waals surface area contributed by atoms with Crippen LogP contribution >= 0.6 is 0 Å². The number of rotatable bonds is 1. The van der Waals surface area contributed by atoms with Crippen molar-refractivity contribution >= 4 is 0 Å². The Labute approximate surface area is 112 Å². The first kappa shape index (κ1) is 12.3. The van der Waals surface area contributed by atoms with Gasteiger partial charge in [-0.05, 0) is 52.4 Å². The van der Waals surface area contributed by atoms with Gasteiger partial charge in [0.1, 0.15) is 11.6 Å². The second kappa shape index (κ2) is 3.89. The Morgan fingerprint density at radius 1 is 0.842 bits per heavy atom. The van der Waals surface area contributed by atoms with Gasteiger partial charge in [-0.2, -0.15) is 0 Å². The molecule has 0 amide bonds. The molecule has 1 aliphatic rings. The van der Waals surface area contributed by atoms with Crippen LogP contribution < -0.4 is 0 Å². The molecule has 0 fully saturated rings. The predicted molar refractivity (Wildman–Crippen MR) is 73.1 cm³/mol. The first-order valence-corrected chi connectivity index (χ1v) is 6.55. The number of hydrogen-bond donors (Lipinski definition) is 0. The van der Waals surface area contributed by atoms with Gasteiger partial charge in [-0.15, -0.1) is 0 Å². The van der Waals surface area contributed by atoms with E-state index >= 15 is 0 Å². The van der Waals surface area contributed by atoms with Crippen molar-refractivity contribution in [2.45, 2.75) is 26.2 Å². The van der Waals surface area contributed by atoms with Crippen molar-refractivity contribution in [3.63, 3.8) is 0 Å².